The molecule has 10 heteroatoms. The lowest BCUT2D eigenvalue weighted by atomic mass is 10.1. The maximum atomic E-state index is 12.5. The van der Waals surface area contributed by atoms with Crippen molar-refractivity contribution in [2.45, 2.75) is 0 Å². The lowest BCUT2D eigenvalue weighted by molar-refractivity contribution is 0.0538. The lowest BCUT2D eigenvalue weighted by Gasteiger charge is -2.34. The summed E-state index contributed by atoms with van der Waals surface area (Å²) in [6.45, 7) is 1.85. The van der Waals surface area contributed by atoms with Gasteiger partial charge < -0.3 is 9.80 Å². The van der Waals surface area contributed by atoms with Crippen LogP contribution in [0.15, 0.2) is 36.0 Å². The predicted octanol–water partition coefficient (Wildman–Crippen LogP) is 0.680. The highest BCUT2D eigenvalue weighted by Crippen LogP contribution is 2.15. The number of rotatable bonds is 4. The van der Waals surface area contributed by atoms with E-state index in [9.17, 15) is 18.0 Å². The van der Waals surface area contributed by atoms with Crippen LogP contribution < -0.4 is 4.72 Å². The van der Waals surface area contributed by atoms with Gasteiger partial charge in [-0.2, -0.15) is 0 Å². The van der Waals surface area contributed by atoms with E-state index < -0.39 is 10.9 Å². The van der Waals surface area contributed by atoms with E-state index in [0.29, 0.717) is 42.3 Å². The molecule has 0 radical (unpaired) electrons. The van der Waals surface area contributed by atoms with Crippen LogP contribution >= 0.6 is 11.3 Å². The van der Waals surface area contributed by atoms with Crippen LogP contribution in [0.3, 0.4) is 0 Å². The van der Waals surface area contributed by atoms with Gasteiger partial charge in [0, 0.05) is 37.4 Å². The van der Waals surface area contributed by atoms with Crippen molar-refractivity contribution in [1.29, 1.82) is 0 Å². The first-order valence-electron chi connectivity index (χ1n) is 7.53. The molecule has 8 nitrogen and oxygen atoms in total. The van der Waals surface area contributed by atoms with Gasteiger partial charge in [0.1, 0.15) is 4.88 Å². The van der Waals surface area contributed by atoms with Gasteiger partial charge in [0.05, 0.1) is 11.7 Å². The second-order valence-electron chi connectivity index (χ2n) is 5.40. The molecule has 132 valence electrons. The molecular formula is C15H16N4O4S2. The van der Waals surface area contributed by atoms with E-state index in [1.54, 1.807) is 45.8 Å². The number of anilines is 1. The number of aromatic nitrogens is 1. The Bertz CT molecular complexity index is 818. The largest absolute Gasteiger partial charge is 0.335 e. The number of hydrogen-bond acceptors (Lipinski definition) is 6. The van der Waals surface area contributed by atoms with Crippen molar-refractivity contribution in [2.24, 2.45) is 0 Å². The minimum absolute atomic E-state index is 0.0586. The van der Waals surface area contributed by atoms with Gasteiger partial charge in [0.25, 0.3) is 11.8 Å². The number of nitrogens with one attached hydrogen (secondary N) is 1. The zero-order chi connectivity index (χ0) is 17.8. The monoisotopic (exact) mass is 380 g/mol. The molecule has 0 saturated carbocycles. The first-order valence-corrected chi connectivity index (χ1v) is 9.58. The number of thiazole rings is 1. The Hall–Kier alpha value is -2.46. The van der Waals surface area contributed by atoms with Crippen molar-refractivity contribution >= 4 is 39.7 Å². The average Bonchev–Trinajstić information content (AvgIpc) is 3.15. The van der Waals surface area contributed by atoms with Crippen molar-refractivity contribution in [2.75, 3.05) is 30.9 Å². The molecule has 2 heterocycles. The van der Waals surface area contributed by atoms with Crippen LogP contribution in [0.2, 0.25) is 0 Å². The van der Waals surface area contributed by atoms with E-state index in [1.165, 1.54) is 11.3 Å². The van der Waals surface area contributed by atoms with E-state index >= 15 is 0 Å². The fraction of sp³-hybridized carbons (Fsp3) is 0.267. The van der Waals surface area contributed by atoms with E-state index in [-0.39, 0.29) is 11.8 Å². The Morgan fingerprint density at radius 1 is 1.00 bits per heavy atom. The Morgan fingerprint density at radius 2 is 1.60 bits per heavy atom. The third kappa shape index (κ3) is 4.15. The minimum atomic E-state index is -2.73. The van der Waals surface area contributed by atoms with Crippen LogP contribution in [0.4, 0.5) is 5.69 Å². The molecule has 1 fully saturated rings. The molecule has 1 N–H and O–H groups in total. The first kappa shape index (κ1) is 17.4. The number of nitrogens with zero attached hydrogens (tertiary/aromatic N) is 3. The summed E-state index contributed by atoms with van der Waals surface area (Å²) in [5, 5.41) is 0. The van der Waals surface area contributed by atoms with Gasteiger partial charge in [0.15, 0.2) is 0 Å². The Balaban J connectivity index is 1.59. The average molecular weight is 380 g/mol. The molecule has 2 amide bonds. The molecule has 3 rings (SSSR count). The van der Waals surface area contributed by atoms with Crippen LogP contribution in [0.25, 0.3) is 0 Å². The third-order valence-corrected chi connectivity index (χ3v) is 5.05. The predicted molar refractivity (Wildman–Crippen MR) is 94.3 cm³/mol. The molecule has 0 bridgehead atoms. The lowest BCUT2D eigenvalue weighted by Crippen LogP contribution is -2.50. The molecule has 0 spiro atoms. The summed E-state index contributed by atoms with van der Waals surface area (Å²) in [7, 11) is -2.73. The normalized spacial score (nSPS) is 14.6. The Morgan fingerprint density at radius 3 is 2.12 bits per heavy atom. The molecule has 1 saturated heterocycles. The van der Waals surface area contributed by atoms with Gasteiger partial charge in [-0.15, -0.1) is 11.3 Å². The van der Waals surface area contributed by atoms with Crippen molar-refractivity contribution in [3.05, 3.63) is 46.4 Å². The molecule has 1 aromatic carbocycles. The Kier molecular flexibility index (Phi) is 5.29. The van der Waals surface area contributed by atoms with Crippen LogP contribution in [-0.4, -0.2) is 61.2 Å². The summed E-state index contributed by atoms with van der Waals surface area (Å²) in [5.41, 5.74) is 2.51. The van der Waals surface area contributed by atoms with Gasteiger partial charge in [-0.25, -0.2) is 8.42 Å². The van der Waals surface area contributed by atoms with Crippen molar-refractivity contribution in [3.8, 4) is 0 Å². The summed E-state index contributed by atoms with van der Waals surface area (Å²) in [4.78, 5) is 32.7. The SMILES string of the molecule is O=C(c1ccc(N[SH](=O)=O)cc1)N1CCN(C(=O)c2cncs2)CC1. The molecular weight excluding hydrogens is 364 g/mol. The summed E-state index contributed by atoms with van der Waals surface area (Å²) < 4.78 is 23.5. The minimum Gasteiger partial charge on any atom is -0.335 e. The zero-order valence-corrected chi connectivity index (χ0v) is 14.8. The molecule has 1 aliphatic heterocycles. The molecule has 1 aromatic heterocycles. The number of benzene rings is 1. The van der Waals surface area contributed by atoms with Crippen LogP contribution in [0.1, 0.15) is 20.0 Å². The second kappa shape index (κ2) is 7.62. The van der Waals surface area contributed by atoms with Gasteiger partial charge in [-0.05, 0) is 24.3 Å². The van der Waals surface area contributed by atoms with Crippen LogP contribution in [-0.2, 0) is 10.9 Å². The topological polar surface area (TPSA) is 99.7 Å². The van der Waals surface area contributed by atoms with E-state index in [4.69, 9.17) is 0 Å². The molecule has 2 aromatic rings. The highest BCUT2D eigenvalue weighted by atomic mass is 32.2. The molecule has 25 heavy (non-hydrogen) atoms. The number of thiol groups is 1. The fourth-order valence-electron chi connectivity index (χ4n) is 2.57. The number of carbonyl (C=O) groups is 2. The van der Waals surface area contributed by atoms with Gasteiger partial charge >= 0.3 is 0 Å². The van der Waals surface area contributed by atoms with Gasteiger partial charge in [-0.1, -0.05) is 0 Å². The summed E-state index contributed by atoms with van der Waals surface area (Å²) in [5.74, 6) is -0.195. The number of carbonyl (C=O) groups excluding carboxylic acids is 2. The van der Waals surface area contributed by atoms with E-state index in [0.717, 1.165) is 0 Å². The highest BCUT2D eigenvalue weighted by molar-refractivity contribution is 7.73. The second-order valence-corrected chi connectivity index (χ2v) is 7.02. The highest BCUT2D eigenvalue weighted by Gasteiger charge is 2.26. The standard InChI is InChI=1S/C15H16N4O4S2/c20-14(11-1-3-12(4-2-11)17-25(22)23)18-5-7-19(8-6-18)15(21)13-9-16-10-24-13/h1-4,9-10,25H,5-8H2,(H,17,22,23). The van der Waals surface area contributed by atoms with Crippen LogP contribution in [0, 0.1) is 0 Å². The third-order valence-electron chi connectivity index (χ3n) is 3.85. The molecule has 1 aliphatic rings. The van der Waals surface area contributed by atoms with Crippen LogP contribution in [0.5, 0.6) is 0 Å². The van der Waals surface area contributed by atoms with Crippen molar-refractivity contribution < 1.29 is 18.0 Å². The quantitative estimate of drug-likeness (QED) is 0.760. The number of piperazine rings is 1. The van der Waals surface area contributed by atoms with Gasteiger partial charge in [-0.3, -0.25) is 19.3 Å². The maximum absolute atomic E-state index is 12.5. The maximum Gasteiger partial charge on any atom is 0.265 e. The fourth-order valence-corrected chi connectivity index (χ4v) is 3.51. The van der Waals surface area contributed by atoms with Crippen molar-refractivity contribution in [1.82, 2.24) is 14.8 Å². The number of amides is 2. The summed E-state index contributed by atoms with van der Waals surface area (Å²) in [6.07, 6.45) is 1.55. The summed E-state index contributed by atoms with van der Waals surface area (Å²) >= 11 is 1.30. The van der Waals surface area contributed by atoms with E-state index in [1.807, 2.05) is 0 Å². The molecule has 0 unspecified atom stereocenters. The molecule has 0 aliphatic carbocycles. The Labute approximate surface area is 150 Å². The summed E-state index contributed by atoms with van der Waals surface area (Å²) in [6, 6.07) is 6.25. The van der Waals surface area contributed by atoms with Gasteiger partial charge in [0.2, 0.25) is 10.9 Å². The number of hydrogen-bond donors (Lipinski definition) is 2. The zero-order valence-electron chi connectivity index (χ0n) is 13.1. The van der Waals surface area contributed by atoms with Crippen molar-refractivity contribution in [3.63, 3.8) is 0 Å². The smallest absolute Gasteiger partial charge is 0.265 e. The first-order chi connectivity index (χ1) is 12.0. The van der Waals surface area contributed by atoms with E-state index in [2.05, 4.69) is 9.71 Å². The molecule has 0 atom stereocenters.